The number of rotatable bonds is 2. The first-order chi connectivity index (χ1) is 3.79. The van der Waals surface area contributed by atoms with E-state index in [4.69, 9.17) is 0 Å². The lowest BCUT2D eigenvalue weighted by Crippen LogP contribution is -2.40. The fraction of sp³-hybridized carbons (Fsp3) is 0.833. The number of Topliss-reactive ketones (excluding diaryl/α,β-unsaturated/α-hetero) is 1. The molecule has 1 heterocycles. The Bertz CT molecular complexity index is 96.7. The van der Waals surface area contributed by atoms with Gasteiger partial charge in [0.1, 0.15) is 5.78 Å². The van der Waals surface area contributed by atoms with Crippen molar-refractivity contribution >= 4 is 5.78 Å². The molecule has 1 fully saturated rings. The van der Waals surface area contributed by atoms with Crippen molar-refractivity contribution in [2.45, 2.75) is 13.3 Å². The summed E-state index contributed by atoms with van der Waals surface area (Å²) in [6.45, 7) is 4.55. The molecule has 0 aromatic heterocycles. The van der Waals surface area contributed by atoms with Gasteiger partial charge in [-0.05, 0) is 26.4 Å². The molecule has 1 aliphatic rings. The molecule has 0 amide bonds. The molecule has 1 rings (SSSR count). The van der Waals surface area contributed by atoms with Gasteiger partial charge >= 0.3 is 0 Å². The Morgan fingerprint density at radius 1 is 1.62 bits per heavy atom. The highest BCUT2D eigenvalue weighted by Gasteiger charge is 2.13. The van der Waals surface area contributed by atoms with Crippen LogP contribution < -0.4 is 0 Å². The van der Waals surface area contributed by atoms with Crippen LogP contribution in [0.1, 0.15) is 13.3 Å². The quantitative estimate of drug-likeness (QED) is 0.512. The van der Waals surface area contributed by atoms with E-state index in [9.17, 15) is 4.79 Å². The number of hydrogen-bond acceptors (Lipinski definition) is 2. The number of carbonyl (C=O) groups is 1. The average molecular weight is 113 g/mol. The Kier molecular flexibility index (Phi) is 1.63. The topological polar surface area (TPSA) is 20.3 Å². The molecule has 2 heteroatoms. The second kappa shape index (κ2) is 2.27. The molecular formula is C6H11NO. The van der Waals surface area contributed by atoms with Gasteiger partial charge in [0.15, 0.2) is 0 Å². The van der Waals surface area contributed by atoms with Gasteiger partial charge in [0.05, 0.1) is 6.54 Å². The van der Waals surface area contributed by atoms with E-state index in [1.165, 1.54) is 6.42 Å². The van der Waals surface area contributed by atoms with Crippen molar-refractivity contribution in [1.82, 2.24) is 4.90 Å². The van der Waals surface area contributed by atoms with Crippen molar-refractivity contribution in [3.8, 4) is 0 Å². The van der Waals surface area contributed by atoms with Gasteiger partial charge in [0, 0.05) is 0 Å². The summed E-state index contributed by atoms with van der Waals surface area (Å²) < 4.78 is 0. The molecule has 0 unspecified atom stereocenters. The van der Waals surface area contributed by atoms with Crippen LogP contribution in [0.4, 0.5) is 0 Å². The lowest BCUT2D eigenvalue weighted by molar-refractivity contribution is -0.118. The normalized spacial score (nSPS) is 20.1. The highest BCUT2D eigenvalue weighted by atomic mass is 16.1. The third-order valence-corrected chi connectivity index (χ3v) is 1.39. The molecule has 46 valence electrons. The molecule has 0 atom stereocenters. The van der Waals surface area contributed by atoms with E-state index in [1.807, 2.05) is 0 Å². The second-order valence-electron chi connectivity index (χ2n) is 2.33. The van der Waals surface area contributed by atoms with Gasteiger partial charge < -0.3 is 0 Å². The first-order valence-electron chi connectivity index (χ1n) is 3.01. The van der Waals surface area contributed by atoms with Gasteiger partial charge in [-0.15, -0.1) is 0 Å². The third-order valence-electron chi connectivity index (χ3n) is 1.39. The molecule has 0 spiro atoms. The van der Waals surface area contributed by atoms with Crippen molar-refractivity contribution in [3.05, 3.63) is 0 Å². The van der Waals surface area contributed by atoms with Crippen molar-refractivity contribution in [1.29, 1.82) is 0 Å². The molecule has 0 aromatic carbocycles. The Morgan fingerprint density at radius 3 is 2.38 bits per heavy atom. The Labute approximate surface area is 49.5 Å². The molecule has 0 saturated carbocycles. The van der Waals surface area contributed by atoms with Crippen LogP contribution in [-0.4, -0.2) is 30.3 Å². The summed E-state index contributed by atoms with van der Waals surface area (Å²) in [6, 6.07) is 0. The molecular weight excluding hydrogens is 102 g/mol. The fourth-order valence-electron chi connectivity index (χ4n) is 0.855. The van der Waals surface area contributed by atoms with Crippen LogP contribution >= 0.6 is 0 Å². The van der Waals surface area contributed by atoms with Gasteiger partial charge in [-0.2, -0.15) is 0 Å². The third kappa shape index (κ3) is 1.30. The van der Waals surface area contributed by atoms with Crippen molar-refractivity contribution < 1.29 is 4.79 Å². The molecule has 0 bridgehead atoms. The first-order valence-corrected chi connectivity index (χ1v) is 3.01. The minimum atomic E-state index is 0.282. The summed E-state index contributed by atoms with van der Waals surface area (Å²) in [5.74, 6) is 0.282. The van der Waals surface area contributed by atoms with Crippen LogP contribution in [0.15, 0.2) is 0 Å². The van der Waals surface area contributed by atoms with Crippen LogP contribution in [0.25, 0.3) is 0 Å². The van der Waals surface area contributed by atoms with E-state index in [1.54, 1.807) is 6.92 Å². The molecule has 1 aliphatic heterocycles. The maximum absolute atomic E-state index is 10.4. The minimum absolute atomic E-state index is 0.282. The van der Waals surface area contributed by atoms with Gasteiger partial charge in [-0.1, -0.05) is 0 Å². The minimum Gasteiger partial charge on any atom is -0.299 e. The number of likely N-dealkylation sites (tertiary alicyclic amines) is 1. The molecule has 0 aliphatic carbocycles. The Balaban J connectivity index is 2.09. The fourth-order valence-corrected chi connectivity index (χ4v) is 0.855. The number of ketones is 1. The molecule has 0 N–H and O–H groups in total. The van der Waals surface area contributed by atoms with Gasteiger partial charge in [0.2, 0.25) is 0 Å². The average Bonchev–Trinajstić information content (AvgIpc) is 1.55. The molecule has 2 nitrogen and oxygen atoms in total. The van der Waals surface area contributed by atoms with Gasteiger partial charge in [0.25, 0.3) is 0 Å². The lowest BCUT2D eigenvalue weighted by Gasteiger charge is -2.29. The van der Waals surface area contributed by atoms with Gasteiger partial charge in [-0.3, -0.25) is 9.69 Å². The standard InChI is InChI=1S/C6H11NO/c1-6(8)5-7-3-2-4-7/h2-5H2,1H3. The summed E-state index contributed by atoms with van der Waals surface area (Å²) in [7, 11) is 0. The number of carbonyl (C=O) groups excluding carboxylic acids is 1. The maximum atomic E-state index is 10.4. The van der Waals surface area contributed by atoms with E-state index < -0.39 is 0 Å². The maximum Gasteiger partial charge on any atom is 0.143 e. The van der Waals surface area contributed by atoms with Crippen LogP contribution in [0.3, 0.4) is 0 Å². The second-order valence-corrected chi connectivity index (χ2v) is 2.33. The Morgan fingerprint density at radius 2 is 2.25 bits per heavy atom. The molecule has 0 aromatic rings. The smallest absolute Gasteiger partial charge is 0.143 e. The zero-order valence-electron chi connectivity index (χ0n) is 5.18. The zero-order chi connectivity index (χ0) is 5.98. The van der Waals surface area contributed by atoms with Crippen LogP contribution in [-0.2, 0) is 4.79 Å². The zero-order valence-corrected chi connectivity index (χ0v) is 5.18. The highest BCUT2D eigenvalue weighted by molar-refractivity contribution is 5.77. The van der Waals surface area contributed by atoms with E-state index in [0.29, 0.717) is 6.54 Å². The number of hydrogen-bond donors (Lipinski definition) is 0. The largest absolute Gasteiger partial charge is 0.299 e. The van der Waals surface area contributed by atoms with Crippen LogP contribution in [0.5, 0.6) is 0 Å². The molecule has 8 heavy (non-hydrogen) atoms. The lowest BCUT2D eigenvalue weighted by atomic mass is 10.2. The first kappa shape index (κ1) is 5.76. The summed E-state index contributed by atoms with van der Waals surface area (Å²) in [6.07, 6.45) is 1.27. The van der Waals surface area contributed by atoms with E-state index in [2.05, 4.69) is 4.90 Å². The highest BCUT2D eigenvalue weighted by Crippen LogP contribution is 2.03. The predicted molar refractivity (Wildman–Crippen MR) is 31.7 cm³/mol. The summed E-state index contributed by atoms with van der Waals surface area (Å²) in [4.78, 5) is 12.6. The van der Waals surface area contributed by atoms with E-state index >= 15 is 0 Å². The van der Waals surface area contributed by atoms with Crippen LogP contribution in [0.2, 0.25) is 0 Å². The monoisotopic (exact) mass is 113 g/mol. The van der Waals surface area contributed by atoms with Gasteiger partial charge in [-0.25, -0.2) is 0 Å². The summed E-state index contributed by atoms with van der Waals surface area (Å²) in [5, 5.41) is 0. The van der Waals surface area contributed by atoms with Crippen molar-refractivity contribution in [2.24, 2.45) is 0 Å². The molecule has 1 saturated heterocycles. The number of nitrogens with zero attached hydrogens (tertiary/aromatic N) is 1. The van der Waals surface area contributed by atoms with Crippen molar-refractivity contribution in [2.75, 3.05) is 19.6 Å². The molecule has 0 radical (unpaired) electrons. The summed E-state index contributed by atoms with van der Waals surface area (Å²) in [5.41, 5.74) is 0. The Hall–Kier alpha value is -0.370. The van der Waals surface area contributed by atoms with E-state index in [0.717, 1.165) is 13.1 Å². The van der Waals surface area contributed by atoms with Crippen LogP contribution in [0, 0.1) is 0 Å². The van der Waals surface area contributed by atoms with E-state index in [-0.39, 0.29) is 5.78 Å². The SMILES string of the molecule is CC(=O)CN1CCC1. The predicted octanol–water partition coefficient (Wildman–Crippen LogP) is 0.281. The van der Waals surface area contributed by atoms with Crippen molar-refractivity contribution in [3.63, 3.8) is 0 Å². The summed E-state index contributed by atoms with van der Waals surface area (Å²) >= 11 is 0.